The maximum Gasteiger partial charge on any atom is 0.358 e. The molecule has 0 bridgehead atoms. The first-order chi connectivity index (χ1) is 13.6. The molecule has 29 heavy (non-hydrogen) atoms. The van der Waals surface area contributed by atoms with E-state index in [0.29, 0.717) is 39.3 Å². The van der Waals surface area contributed by atoms with E-state index in [0.717, 1.165) is 0 Å². The summed E-state index contributed by atoms with van der Waals surface area (Å²) >= 11 is 12.6. The molecule has 0 radical (unpaired) electrons. The van der Waals surface area contributed by atoms with Crippen molar-refractivity contribution in [3.8, 4) is 11.5 Å². The van der Waals surface area contributed by atoms with Gasteiger partial charge in [-0.05, 0) is 11.0 Å². The number of aliphatic carboxylic acids is 1. The number of ether oxygens (including phenoxy) is 2. The number of carboxylic acids is 1. The van der Waals surface area contributed by atoms with Crippen molar-refractivity contribution in [2.75, 3.05) is 13.7 Å². The van der Waals surface area contributed by atoms with Crippen LogP contribution in [0.3, 0.4) is 0 Å². The zero-order chi connectivity index (χ0) is 21.6. The summed E-state index contributed by atoms with van der Waals surface area (Å²) in [6.45, 7) is 6.67. The number of benzene rings is 2. The maximum absolute atomic E-state index is 11.5. The van der Waals surface area contributed by atoms with Gasteiger partial charge in [0.25, 0.3) is 0 Å². The van der Waals surface area contributed by atoms with E-state index in [-0.39, 0.29) is 17.7 Å². The third kappa shape index (κ3) is 6.54. The number of nitrogens with zero attached hydrogens (tertiary/aromatic N) is 1. The predicted octanol–water partition coefficient (Wildman–Crippen LogP) is 5.43. The molecule has 0 atom stereocenters. The van der Waals surface area contributed by atoms with Gasteiger partial charge in [-0.15, -0.1) is 0 Å². The van der Waals surface area contributed by atoms with Crippen molar-refractivity contribution in [2.45, 2.75) is 27.4 Å². The second kappa shape index (κ2) is 9.85. The fourth-order valence-corrected chi connectivity index (χ4v) is 2.96. The number of hydrogen-bond donors (Lipinski definition) is 1. The number of hydrogen-bond acceptors (Lipinski definition) is 5. The fraction of sp³-hybridized carbons (Fsp3) is 0.333. The summed E-state index contributed by atoms with van der Waals surface area (Å²) in [5, 5.41) is 13.6. The van der Waals surface area contributed by atoms with Gasteiger partial charge in [-0.25, -0.2) is 4.79 Å². The number of rotatable bonds is 8. The van der Waals surface area contributed by atoms with E-state index in [4.69, 9.17) is 32.7 Å². The Balaban J connectivity index is 2.21. The minimum absolute atomic E-state index is 0.0445. The molecule has 0 saturated carbocycles. The molecule has 0 unspecified atom stereocenters. The third-order valence-corrected chi connectivity index (χ3v) is 4.23. The minimum atomic E-state index is -1.20. The van der Waals surface area contributed by atoms with E-state index in [1.807, 2.05) is 20.8 Å². The van der Waals surface area contributed by atoms with E-state index in [1.165, 1.54) is 7.11 Å². The van der Waals surface area contributed by atoms with Crippen molar-refractivity contribution in [3.63, 3.8) is 0 Å². The Kier molecular flexibility index (Phi) is 7.76. The van der Waals surface area contributed by atoms with Crippen LogP contribution in [-0.4, -0.2) is 30.5 Å². The molecule has 156 valence electrons. The van der Waals surface area contributed by atoms with Crippen molar-refractivity contribution in [3.05, 3.63) is 57.6 Å². The molecule has 0 aliphatic heterocycles. The average molecular weight is 440 g/mol. The van der Waals surface area contributed by atoms with E-state index >= 15 is 0 Å². The van der Waals surface area contributed by atoms with Crippen LogP contribution in [0.25, 0.3) is 0 Å². The topological polar surface area (TPSA) is 77.4 Å². The van der Waals surface area contributed by atoms with Gasteiger partial charge in [0.2, 0.25) is 0 Å². The van der Waals surface area contributed by atoms with Gasteiger partial charge in [0.05, 0.1) is 16.7 Å². The van der Waals surface area contributed by atoms with Crippen LogP contribution in [0.15, 0.2) is 41.6 Å². The second-order valence-corrected chi connectivity index (χ2v) is 8.25. The molecule has 0 aromatic heterocycles. The summed E-state index contributed by atoms with van der Waals surface area (Å²) in [6, 6.07) is 10.1. The lowest BCUT2D eigenvalue weighted by Crippen LogP contribution is -2.17. The summed E-state index contributed by atoms with van der Waals surface area (Å²) in [6.07, 6.45) is 0. The molecule has 0 fully saturated rings. The predicted molar refractivity (Wildman–Crippen MR) is 113 cm³/mol. The van der Waals surface area contributed by atoms with E-state index < -0.39 is 5.97 Å². The van der Waals surface area contributed by atoms with E-state index in [1.54, 1.807) is 36.4 Å². The van der Waals surface area contributed by atoms with Gasteiger partial charge < -0.3 is 19.4 Å². The lowest BCUT2D eigenvalue weighted by atomic mass is 9.99. The summed E-state index contributed by atoms with van der Waals surface area (Å²) in [5.74, 6) is -0.374. The zero-order valence-electron chi connectivity index (χ0n) is 16.7. The highest BCUT2D eigenvalue weighted by molar-refractivity contribution is 6.42. The zero-order valence-corrected chi connectivity index (χ0v) is 18.2. The first kappa shape index (κ1) is 22.8. The number of oxime groups is 1. The molecule has 0 amide bonds. The fourth-order valence-electron chi connectivity index (χ4n) is 2.38. The molecule has 0 aliphatic carbocycles. The van der Waals surface area contributed by atoms with Gasteiger partial charge in [0.1, 0.15) is 19.5 Å². The molecular weight excluding hydrogens is 417 g/mol. The Bertz CT molecular complexity index is 883. The van der Waals surface area contributed by atoms with Gasteiger partial charge in [-0.3, -0.25) is 0 Å². The highest BCUT2D eigenvalue weighted by Crippen LogP contribution is 2.38. The first-order valence-electron chi connectivity index (χ1n) is 8.79. The van der Waals surface area contributed by atoms with Gasteiger partial charge in [-0.2, -0.15) is 0 Å². The van der Waals surface area contributed by atoms with Crippen LogP contribution in [0, 0.1) is 5.41 Å². The molecule has 2 rings (SSSR count). The molecule has 2 aromatic rings. The maximum atomic E-state index is 11.5. The van der Waals surface area contributed by atoms with Gasteiger partial charge in [-0.1, -0.05) is 73.4 Å². The van der Waals surface area contributed by atoms with Gasteiger partial charge >= 0.3 is 5.97 Å². The Morgan fingerprint density at radius 3 is 2.28 bits per heavy atom. The highest BCUT2D eigenvalue weighted by Gasteiger charge is 2.19. The standard InChI is InChI=1S/C21H23Cl2NO5/c1-21(2,3)12-29-19-16(22)9-14(10-17(19)23)28-11-13-7-5-6-8-15(13)18(20(25)26)24-27-4/h5-10H,11-12H2,1-4H3,(H,25,26). The van der Waals surface area contributed by atoms with Crippen molar-refractivity contribution in [2.24, 2.45) is 10.6 Å². The van der Waals surface area contributed by atoms with Crippen LogP contribution in [0.5, 0.6) is 11.5 Å². The Morgan fingerprint density at radius 2 is 1.72 bits per heavy atom. The first-order valence-corrected chi connectivity index (χ1v) is 9.55. The lowest BCUT2D eigenvalue weighted by Gasteiger charge is -2.20. The van der Waals surface area contributed by atoms with Crippen molar-refractivity contribution < 1.29 is 24.2 Å². The molecule has 8 heteroatoms. The van der Waals surface area contributed by atoms with Crippen LogP contribution in [0.1, 0.15) is 31.9 Å². The second-order valence-electron chi connectivity index (χ2n) is 7.44. The minimum Gasteiger partial charge on any atom is -0.490 e. The Hall–Kier alpha value is -2.44. The number of carbonyl (C=O) groups is 1. The molecule has 1 N–H and O–H groups in total. The Morgan fingerprint density at radius 1 is 1.10 bits per heavy atom. The van der Waals surface area contributed by atoms with Crippen LogP contribution in [0.4, 0.5) is 0 Å². The Labute approximate surface area is 180 Å². The van der Waals surface area contributed by atoms with Gasteiger partial charge in [0.15, 0.2) is 11.5 Å². The van der Waals surface area contributed by atoms with Crippen molar-refractivity contribution in [1.29, 1.82) is 0 Å². The van der Waals surface area contributed by atoms with Crippen LogP contribution < -0.4 is 9.47 Å². The third-order valence-electron chi connectivity index (χ3n) is 3.67. The van der Waals surface area contributed by atoms with Crippen LogP contribution in [0.2, 0.25) is 10.0 Å². The molecule has 2 aromatic carbocycles. The molecule has 6 nitrogen and oxygen atoms in total. The van der Waals surface area contributed by atoms with Crippen molar-refractivity contribution >= 4 is 34.9 Å². The number of carboxylic acid groups (broad SMARTS) is 1. The van der Waals surface area contributed by atoms with E-state index in [9.17, 15) is 9.90 Å². The average Bonchev–Trinajstić information content (AvgIpc) is 2.63. The normalized spacial score (nSPS) is 11.9. The van der Waals surface area contributed by atoms with Crippen LogP contribution >= 0.6 is 23.2 Å². The van der Waals surface area contributed by atoms with Gasteiger partial charge in [0, 0.05) is 17.7 Å². The molecule has 0 aliphatic rings. The summed E-state index contributed by atoms with van der Waals surface area (Å²) in [5.41, 5.74) is 0.751. The molecule has 0 spiro atoms. The lowest BCUT2D eigenvalue weighted by molar-refractivity contribution is -0.129. The molecule has 0 heterocycles. The molecular formula is C21H23Cl2NO5. The monoisotopic (exact) mass is 439 g/mol. The smallest absolute Gasteiger partial charge is 0.358 e. The highest BCUT2D eigenvalue weighted by atomic mass is 35.5. The summed E-state index contributed by atoms with van der Waals surface area (Å²) < 4.78 is 11.5. The quantitative estimate of drug-likeness (QED) is 0.437. The van der Waals surface area contributed by atoms with Crippen molar-refractivity contribution in [1.82, 2.24) is 0 Å². The van der Waals surface area contributed by atoms with E-state index in [2.05, 4.69) is 9.99 Å². The van der Waals surface area contributed by atoms with Crippen LogP contribution in [-0.2, 0) is 16.2 Å². The largest absolute Gasteiger partial charge is 0.490 e. The molecule has 0 saturated heterocycles. The SMILES string of the molecule is CON=C(C(=O)O)c1ccccc1COc1cc(Cl)c(OCC(C)(C)C)c(Cl)c1. The summed E-state index contributed by atoms with van der Waals surface area (Å²) in [7, 11) is 1.29. The number of halogens is 2. The summed E-state index contributed by atoms with van der Waals surface area (Å²) in [4.78, 5) is 16.1.